The maximum Gasteiger partial charge on any atom is 0.133 e. The molecule has 1 heteroatoms. The summed E-state index contributed by atoms with van der Waals surface area (Å²) in [7, 11) is 0. The number of carbonyl (C=O) groups is 1. The van der Waals surface area contributed by atoms with E-state index in [0.717, 1.165) is 12.8 Å². The summed E-state index contributed by atoms with van der Waals surface area (Å²) in [5.74, 6) is 0.759. The number of rotatable bonds is 2. The van der Waals surface area contributed by atoms with Gasteiger partial charge in [0.1, 0.15) is 5.78 Å². The van der Waals surface area contributed by atoms with Gasteiger partial charge < -0.3 is 0 Å². The third-order valence-electron chi connectivity index (χ3n) is 4.23. The summed E-state index contributed by atoms with van der Waals surface area (Å²) in [4.78, 5) is 12.0. The predicted octanol–water partition coefficient (Wildman–Crippen LogP) is 3.77. The van der Waals surface area contributed by atoms with Crippen LogP contribution < -0.4 is 0 Å². The fraction of sp³-hybridized carbons (Fsp3) is 0.278. The Morgan fingerprint density at radius 1 is 0.895 bits per heavy atom. The van der Waals surface area contributed by atoms with E-state index in [1.165, 1.54) is 16.7 Å². The quantitative estimate of drug-likeness (QED) is 0.793. The zero-order chi connectivity index (χ0) is 13.2. The Bertz CT molecular complexity index is 586. The molecule has 0 saturated carbocycles. The van der Waals surface area contributed by atoms with Crippen LogP contribution in [0, 0.1) is 5.92 Å². The number of benzene rings is 2. The zero-order valence-electron chi connectivity index (χ0n) is 11.2. The molecule has 0 amide bonds. The van der Waals surface area contributed by atoms with Crippen LogP contribution in [0.5, 0.6) is 0 Å². The number of carbonyl (C=O) groups excluding carboxylic acids is 1. The van der Waals surface area contributed by atoms with Crippen molar-refractivity contribution in [1.29, 1.82) is 0 Å². The normalized spacial score (nSPS) is 21.7. The average Bonchev–Trinajstić information content (AvgIpc) is 2.46. The highest BCUT2D eigenvalue weighted by Gasteiger charge is 2.32. The SMILES string of the molecule is CC(=O)[C@@H]1Cc2ccccc2C[C@H]1c1ccccc1. The largest absolute Gasteiger partial charge is 0.300 e. The van der Waals surface area contributed by atoms with Crippen molar-refractivity contribution in [2.24, 2.45) is 5.92 Å². The van der Waals surface area contributed by atoms with Crippen molar-refractivity contribution in [2.75, 3.05) is 0 Å². The van der Waals surface area contributed by atoms with Crippen LogP contribution in [0.1, 0.15) is 29.5 Å². The molecule has 2 aromatic rings. The Hall–Kier alpha value is -1.89. The molecule has 1 nitrogen and oxygen atoms in total. The Kier molecular flexibility index (Phi) is 3.20. The number of fused-ring (bicyclic) bond motifs is 1. The van der Waals surface area contributed by atoms with E-state index >= 15 is 0 Å². The summed E-state index contributed by atoms with van der Waals surface area (Å²) in [5.41, 5.74) is 4.03. The fourth-order valence-corrected chi connectivity index (χ4v) is 3.19. The van der Waals surface area contributed by atoms with Gasteiger partial charge in [0, 0.05) is 5.92 Å². The smallest absolute Gasteiger partial charge is 0.133 e. The van der Waals surface area contributed by atoms with Gasteiger partial charge in [-0.1, -0.05) is 54.6 Å². The minimum absolute atomic E-state index is 0.122. The molecule has 0 radical (unpaired) electrons. The van der Waals surface area contributed by atoms with Gasteiger partial charge in [0.15, 0.2) is 0 Å². The van der Waals surface area contributed by atoms with E-state index in [0.29, 0.717) is 11.7 Å². The second-order valence-corrected chi connectivity index (χ2v) is 5.41. The maximum absolute atomic E-state index is 12.0. The van der Waals surface area contributed by atoms with E-state index in [9.17, 15) is 4.79 Å². The molecule has 0 bridgehead atoms. The molecule has 0 heterocycles. The van der Waals surface area contributed by atoms with Gasteiger partial charge >= 0.3 is 0 Å². The fourth-order valence-electron chi connectivity index (χ4n) is 3.19. The van der Waals surface area contributed by atoms with E-state index in [-0.39, 0.29) is 5.92 Å². The number of hydrogen-bond acceptors (Lipinski definition) is 1. The lowest BCUT2D eigenvalue weighted by Gasteiger charge is -2.32. The van der Waals surface area contributed by atoms with Gasteiger partial charge in [-0.25, -0.2) is 0 Å². The molecule has 0 fully saturated rings. The second kappa shape index (κ2) is 5.00. The first-order valence-corrected chi connectivity index (χ1v) is 6.88. The van der Waals surface area contributed by atoms with Crippen molar-refractivity contribution in [3.8, 4) is 0 Å². The molecule has 1 aliphatic carbocycles. The van der Waals surface area contributed by atoms with Crippen LogP contribution in [-0.2, 0) is 17.6 Å². The van der Waals surface area contributed by atoms with Crippen LogP contribution in [0.2, 0.25) is 0 Å². The van der Waals surface area contributed by atoms with Crippen molar-refractivity contribution >= 4 is 5.78 Å². The lowest BCUT2D eigenvalue weighted by atomic mass is 9.71. The number of Topliss-reactive ketones (excluding diaryl/α,β-unsaturated/α-hetero) is 1. The van der Waals surface area contributed by atoms with E-state index in [1.54, 1.807) is 6.92 Å². The molecule has 0 spiro atoms. The summed E-state index contributed by atoms with van der Waals surface area (Å²) >= 11 is 0. The van der Waals surface area contributed by atoms with Crippen molar-refractivity contribution in [2.45, 2.75) is 25.7 Å². The summed E-state index contributed by atoms with van der Waals surface area (Å²) in [6.45, 7) is 1.73. The van der Waals surface area contributed by atoms with Gasteiger partial charge in [-0.3, -0.25) is 4.79 Å². The van der Waals surface area contributed by atoms with Crippen LogP contribution >= 0.6 is 0 Å². The molecular weight excluding hydrogens is 232 g/mol. The van der Waals surface area contributed by atoms with Crippen molar-refractivity contribution in [1.82, 2.24) is 0 Å². The first-order chi connectivity index (χ1) is 9.25. The van der Waals surface area contributed by atoms with Crippen molar-refractivity contribution < 1.29 is 4.79 Å². The van der Waals surface area contributed by atoms with Gasteiger partial charge in [0.05, 0.1) is 0 Å². The summed E-state index contributed by atoms with van der Waals surface area (Å²) < 4.78 is 0. The van der Waals surface area contributed by atoms with E-state index in [4.69, 9.17) is 0 Å². The molecule has 96 valence electrons. The molecule has 3 rings (SSSR count). The van der Waals surface area contributed by atoms with Gasteiger partial charge in [-0.15, -0.1) is 0 Å². The summed E-state index contributed by atoms with van der Waals surface area (Å²) in [5, 5.41) is 0. The first kappa shape index (κ1) is 12.2. The molecule has 0 saturated heterocycles. The van der Waals surface area contributed by atoms with E-state index in [2.05, 4.69) is 48.5 Å². The third kappa shape index (κ3) is 2.33. The molecule has 0 N–H and O–H groups in total. The molecule has 2 aromatic carbocycles. The molecule has 0 aromatic heterocycles. The van der Waals surface area contributed by atoms with Crippen LogP contribution in [0.25, 0.3) is 0 Å². The summed E-state index contributed by atoms with van der Waals surface area (Å²) in [6, 6.07) is 19.0. The molecule has 1 aliphatic rings. The Morgan fingerprint density at radius 3 is 2.11 bits per heavy atom. The molecule has 0 aliphatic heterocycles. The molecule has 19 heavy (non-hydrogen) atoms. The average molecular weight is 250 g/mol. The van der Waals surface area contributed by atoms with E-state index in [1.807, 2.05) is 6.07 Å². The molecule has 0 unspecified atom stereocenters. The minimum atomic E-state index is 0.122. The van der Waals surface area contributed by atoms with Crippen LogP contribution in [0.15, 0.2) is 54.6 Å². The van der Waals surface area contributed by atoms with Gasteiger partial charge in [0.2, 0.25) is 0 Å². The highest BCUT2D eigenvalue weighted by atomic mass is 16.1. The van der Waals surface area contributed by atoms with Gasteiger partial charge in [-0.05, 0) is 42.4 Å². The van der Waals surface area contributed by atoms with Gasteiger partial charge in [-0.2, -0.15) is 0 Å². The number of ketones is 1. The minimum Gasteiger partial charge on any atom is -0.300 e. The Morgan fingerprint density at radius 2 is 1.47 bits per heavy atom. The molecular formula is C18H18O. The Labute approximate surface area is 114 Å². The standard InChI is InChI=1S/C18H18O/c1-13(19)17-11-15-9-5-6-10-16(15)12-18(17)14-7-3-2-4-8-14/h2-10,17-18H,11-12H2,1H3/t17-,18-/m0/s1. The predicted molar refractivity (Wildman–Crippen MR) is 77.2 cm³/mol. The zero-order valence-corrected chi connectivity index (χ0v) is 11.2. The monoisotopic (exact) mass is 250 g/mol. The topological polar surface area (TPSA) is 17.1 Å². The van der Waals surface area contributed by atoms with Crippen LogP contribution in [0.3, 0.4) is 0 Å². The maximum atomic E-state index is 12.0. The van der Waals surface area contributed by atoms with Crippen LogP contribution in [-0.4, -0.2) is 5.78 Å². The van der Waals surface area contributed by atoms with Gasteiger partial charge in [0.25, 0.3) is 0 Å². The van der Waals surface area contributed by atoms with Crippen molar-refractivity contribution in [3.05, 3.63) is 71.3 Å². The second-order valence-electron chi connectivity index (χ2n) is 5.41. The summed E-state index contributed by atoms with van der Waals surface area (Å²) in [6.07, 6.45) is 1.86. The highest BCUT2D eigenvalue weighted by molar-refractivity contribution is 5.80. The Balaban J connectivity index is 2.01. The highest BCUT2D eigenvalue weighted by Crippen LogP contribution is 2.37. The lowest BCUT2D eigenvalue weighted by molar-refractivity contribution is -0.121. The van der Waals surface area contributed by atoms with Crippen molar-refractivity contribution in [3.63, 3.8) is 0 Å². The lowest BCUT2D eigenvalue weighted by Crippen LogP contribution is -2.28. The number of hydrogen-bond donors (Lipinski definition) is 0. The van der Waals surface area contributed by atoms with E-state index < -0.39 is 0 Å². The molecule has 2 atom stereocenters. The first-order valence-electron chi connectivity index (χ1n) is 6.88. The van der Waals surface area contributed by atoms with Crippen LogP contribution in [0.4, 0.5) is 0 Å². The third-order valence-corrected chi connectivity index (χ3v) is 4.23.